The SMILES string of the molecule is CCc1cccc2c([C@H](CC(=O)NCCc3ccc(OC)c(OC)c3)c3cccc([N+](=O)[O-])c3)c[nH]c12. The minimum Gasteiger partial charge on any atom is -0.493 e. The number of aromatic nitrogens is 1. The molecule has 0 radical (unpaired) electrons. The minimum atomic E-state index is -0.409. The lowest BCUT2D eigenvalue weighted by Crippen LogP contribution is -2.27. The number of carbonyl (C=O) groups excluding carboxylic acids is 1. The Kier molecular flexibility index (Phi) is 8.08. The van der Waals surface area contributed by atoms with Gasteiger partial charge in [-0.1, -0.05) is 43.3 Å². The molecule has 1 heterocycles. The number of aromatic amines is 1. The number of amides is 1. The molecule has 0 bridgehead atoms. The first kappa shape index (κ1) is 25.8. The number of carbonyl (C=O) groups is 1. The van der Waals surface area contributed by atoms with Gasteiger partial charge >= 0.3 is 0 Å². The average molecular weight is 502 g/mol. The van der Waals surface area contributed by atoms with E-state index in [0.717, 1.165) is 34.0 Å². The average Bonchev–Trinajstić information content (AvgIpc) is 3.35. The Balaban J connectivity index is 1.56. The summed E-state index contributed by atoms with van der Waals surface area (Å²) in [6.45, 7) is 2.54. The molecule has 0 unspecified atom stereocenters. The largest absolute Gasteiger partial charge is 0.493 e. The van der Waals surface area contributed by atoms with Crippen LogP contribution in [0.15, 0.2) is 66.9 Å². The fourth-order valence-electron chi connectivity index (χ4n) is 4.72. The molecule has 0 aliphatic rings. The maximum Gasteiger partial charge on any atom is 0.269 e. The Morgan fingerprint density at radius 2 is 1.84 bits per heavy atom. The Hall–Kier alpha value is -4.33. The van der Waals surface area contributed by atoms with Crippen molar-refractivity contribution >= 4 is 22.5 Å². The number of hydrogen-bond donors (Lipinski definition) is 2. The summed E-state index contributed by atoms with van der Waals surface area (Å²) < 4.78 is 10.6. The number of fused-ring (bicyclic) bond motifs is 1. The van der Waals surface area contributed by atoms with Crippen LogP contribution in [-0.4, -0.2) is 36.6 Å². The topological polar surface area (TPSA) is 106 Å². The van der Waals surface area contributed by atoms with Crippen molar-refractivity contribution in [3.05, 3.63) is 99.2 Å². The van der Waals surface area contributed by atoms with E-state index in [-0.39, 0.29) is 23.9 Å². The van der Waals surface area contributed by atoms with Crippen LogP contribution in [0.2, 0.25) is 0 Å². The van der Waals surface area contributed by atoms with Crippen LogP contribution in [0.3, 0.4) is 0 Å². The highest BCUT2D eigenvalue weighted by Gasteiger charge is 2.23. The summed E-state index contributed by atoms with van der Waals surface area (Å²) in [6.07, 6.45) is 3.58. The van der Waals surface area contributed by atoms with Gasteiger partial charge in [-0.3, -0.25) is 14.9 Å². The molecule has 0 aliphatic heterocycles. The normalized spacial score (nSPS) is 11.8. The summed E-state index contributed by atoms with van der Waals surface area (Å²) in [4.78, 5) is 27.5. The Morgan fingerprint density at radius 3 is 2.57 bits per heavy atom. The molecule has 1 aromatic heterocycles. The number of rotatable bonds is 11. The Bertz CT molecular complexity index is 1410. The van der Waals surface area contributed by atoms with E-state index < -0.39 is 4.92 Å². The van der Waals surface area contributed by atoms with E-state index in [1.165, 1.54) is 11.6 Å². The molecule has 192 valence electrons. The first-order valence-corrected chi connectivity index (χ1v) is 12.3. The molecule has 0 aliphatic carbocycles. The van der Waals surface area contributed by atoms with Gasteiger partial charge in [0.25, 0.3) is 5.69 Å². The van der Waals surface area contributed by atoms with Crippen molar-refractivity contribution in [1.29, 1.82) is 0 Å². The summed E-state index contributed by atoms with van der Waals surface area (Å²) in [5, 5.41) is 15.5. The summed E-state index contributed by atoms with van der Waals surface area (Å²) in [5.74, 6) is 0.822. The van der Waals surface area contributed by atoms with Gasteiger partial charge in [-0.05, 0) is 47.2 Å². The van der Waals surface area contributed by atoms with E-state index in [1.54, 1.807) is 26.4 Å². The zero-order valence-corrected chi connectivity index (χ0v) is 21.2. The standard InChI is InChI=1S/C29H31N3O5/c1-4-20-7-6-10-23-25(18-31-29(20)23)24(21-8-5-9-22(16-21)32(34)35)17-28(33)30-14-13-19-11-12-26(36-2)27(15-19)37-3/h5-12,15-16,18,24,31H,4,13-14,17H2,1-3H3,(H,30,33)/t24-/m1/s1. The molecule has 3 aromatic carbocycles. The highest BCUT2D eigenvalue weighted by Crippen LogP contribution is 2.36. The zero-order valence-electron chi connectivity index (χ0n) is 21.2. The first-order chi connectivity index (χ1) is 17.9. The van der Waals surface area contributed by atoms with Crippen LogP contribution in [0, 0.1) is 10.1 Å². The van der Waals surface area contributed by atoms with Crippen LogP contribution in [0.5, 0.6) is 11.5 Å². The third-order valence-corrected chi connectivity index (χ3v) is 6.65. The maximum atomic E-state index is 13.1. The molecular formula is C29H31N3O5. The number of aryl methyl sites for hydroxylation is 1. The molecule has 0 spiro atoms. The summed E-state index contributed by atoms with van der Waals surface area (Å²) in [7, 11) is 3.18. The molecule has 4 aromatic rings. The molecule has 4 rings (SSSR count). The molecule has 8 heteroatoms. The van der Waals surface area contributed by atoms with Gasteiger partial charge in [0.1, 0.15) is 0 Å². The first-order valence-electron chi connectivity index (χ1n) is 12.3. The van der Waals surface area contributed by atoms with Crippen molar-refractivity contribution in [2.24, 2.45) is 0 Å². The van der Waals surface area contributed by atoms with E-state index in [0.29, 0.717) is 24.5 Å². The molecule has 2 N–H and O–H groups in total. The number of nitro groups is 1. The summed E-state index contributed by atoms with van der Waals surface area (Å²) >= 11 is 0. The van der Waals surface area contributed by atoms with Crippen molar-refractivity contribution < 1.29 is 19.2 Å². The highest BCUT2D eigenvalue weighted by molar-refractivity contribution is 5.88. The van der Waals surface area contributed by atoms with Crippen LogP contribution < -0.4 is 14.8 Å². The summed E-state index contributed by atoms with van der Waals surface area (Å²) in [6, 6.07) is 18.3. The second kappa shape index (κ2) is 11.6. The molecule has 0 fully saturated rings. The quantitative estimate of drug-likeness (QED) is 0.207. The number of methoxy groups -OCH3 is 2. The van der Waals surface area contributed by atoms with Gasteiger partial charge in [-0.25, -0.2) is 0 Å². The van der Waals surface area contributed by atoms with Crippen molar-refractivity contribution in [2.75, 3.05) is 20.8 Å². The monoisotopic (exact) mass is 501 g/mol. The lowest BCUT2D eigenvalue weighted by molar-refractivity contribution is -0.384. The third-order valence-electron chi connectivity index (χ3n) is 6.65. The highest BCUT2D eigenvalue weighted by atomic mass is 16.6. The predicted octanol–water partition coefficient (Wildman–Crippen LogP) is 5.54. The lowest BCUT2D eigenvalue weighted by Gasteiger charge is -2.17. The van der Waals surface area contributed by atoms with Gasteiger partial charge in [0.05, 0.1) is 19.1 Å². The van der Waals surface area contributed by atoms with Gasteiger partial charge in [-0.2, -0.15) is 0 Å². The van der Waals surface area contributed by atoms with Crippen molar-refractivity contribution in [3.8, 4) is 11.5 Å². The molecule has 1 amide bonds. The third kappa shape index (κ3) is 5.74. The van der Waals surface area contributed by atoms with Gasteiger partial charge in [-0.15, -0.1) is 0 Å². The van der Waals surface area contributed by atoms with Gasteiger partial charge in [0, 0.05) is 48.1 Å². The van der Waals surface area contributed by atoms with Gasteiger partial charge in [0.15, 0.2) is 11.5 Å². The minimum absolute atomic E-state index is 0.00505. The summed E-state index contributed by atoms with van der Waals surface area (Å²) in [5.41, 5.74) is 4.90. The van der Waals surface area contributed by atoms with E-state index in [2.05, 4.69) is 23.3 Å². The van der Waals surface area contributed by atoms with Crippen LogP contribution in [0.1, 0.15) is 41.5 Å². The molecule has 1 atom stereocenters. The number of nitrogens with zero attached hydrogens (tertiary/aromatic N) is 1. The number of non-ortho nitro benzene ring substituents is 1. The van der Waals surface area contributed by atoms with Crippen molar-refractivity contribution in [1.82, 2.24) is 10.3 Å². The number of H-pyrrole nitrogens is 1. The van der Waals surface area contributed by atoms with E-state index in [4.69, 9.17) is 9.47 Å². The van der Waals surface area contributed by atoms with Gasteiger partial charge < -0.3 is 19.8 Å². The maximum absolute atomic E-state index is 13.1. The van der Waals surface area contributed by atoms with Crippen LogP contribution in [0.4, 0.5) is 5.69 Å². The zero-order chi connectivity index (χ0) is 26.4. The van der Waals surface area contributed by atoms with Crippen molar-refractivity contribution in [2.45, 2.75) is 32.1 Å². The number of nitrogens with one attached hydrogen (secondary N) is 2. The molecule has 8 nitrogen and oxygen atoms in total. The van der Waals surface area contributed by atoms with Crippen LogP contribution in [-0.2, 0) is 17.6 Å². The number of hydrogen-bond acceptors (Lipinski definition) is 5. The van der Waals surface area contributed by atoms with E-state index >= 15 is 0 Å². The van der Waals surface area contributed by atoms with Crippen molar-refractivity contribution in [3.63, 3.8) is 0 Å². The second-order valence-electron chi connectivity index (χ2n) is 8.84. The van der Waals surface area contributed by atoms with Crippen LogP contribution >= 0.6 is 0 Å². The number of para-hydroxylation sites is 1. The number of ether oxygens (including phenoxy) is 2. The molecule has 0 saturated heterocycles. The fraction of sp³-hybridized carbons (Fsp3) is 0.276. The van der Waals surface area contributed by atoms with E-state index in [1.807, 2.05) is 42.6 Å². The number of nitro benzene ring substituents is 1. The fourth-order valence-corrected chi connectivity index (χ4v) is 4.72. The Labute approximate surface area is 215 Å². The molecular weight excluding hydrogens is 470 g/mol. The number of benzene rings is 3. The Morgan fingerprint density at radius 1 is 1.05 bits per heavy atom. The lowest BCUT2D eigenvalue weighted by atomic mass is 9.87. The van der Waals surface area contributed by atoms with Gasteiger partial charge in [0.2, 0.25) is 5.91 Å². The smallest absolute Gasteiger partial charge is 0.269 e. The predicted molar refractivity (Wildman–Crippen MR) is 143 cm³/mol. The second-order valence-corrected chi connectivity index (χ2v) is 8.84. The molecule has 37 heavy (non-hydrogen) atoms. The van der Waals surface area contributed by atoms with E-state index in [9.17, 15) is 14.9 Å². The molecule has 0 saturated carbocycles. The van der Waals surface area contributed by atoms with Crippen LogP contribution in [0.25, 0.3) is 10.9 Å².